The highest BCUT2D eigenvalue weighted by molar-refractivity contribution is 14.0. The predicted molar refractivity (Wildman–Crippen MR) is 101 cm³/mol. The smallest absolute Gasteiger partial charge is 0.216 e. The number of aliphatic imine (C=N–C) groups is 1. The third-order valence-corrected chi connectivity index (χ3v) is 3.94. The lowest BCUT2D eigenvalue weighted by atomic mass is 9.92. The highest BCUT2D eigenvalue weighted by Gasteiger charge is 2.24. The van der Waals surface area contributed by atoms with Crippen LogP contribution in [0.1, 0.15) is 44.5 Å². The van der Waals surface area contributed by atoms with Crippen molar-refractivity contribution in [3.05, 3.63) is 17.3 Å². The number of nitrogens with one attached hydrogen (secondary N) is 1. The number of aromatic nitrogens is 1. The van der Waals surface area contributed by atoms with Gasteiger partial charge in [0, 0.05) is 19.6 Å². The molecular formula is C16H29IN4O. The lowest BCUT2D eigenvalue weighted by Gasteiger charge is -2.37. The number of hydrogen-bond acceptors (Lipinski definition) is 3. The predicted octanol–water partition coefficient (Wildman–Crippen LogP) is 3.35. The number of oxazole rings is 1. The van der Waals surface area contributed by atoms with E-state index >= 15 is 0 Å². The molecule has 2 heterocycles. The van der Waals surface area contributed by atoms with Crippen LogP contribution in [0.5, 0.6) is 0 Å². The first-order chi connectivity index (χ1) is 9.99. The van der Waals surface area contributed by atoms with E-state index in [1.54, 1.807) is 0 Å². The van der Waals surface area contributed by atoms with Gasteiger partial charge in [-0.1, -0.05) is 13.8 Å². The molecule has 1 fully saturated rings. The average Bonchev–Trinajstić information content (AvgIpc) is 2.72. The number of guanidine groups is 1. The Morgan fingerprint density at radius 2 is 1.95 bits per heavy atom. The largest absolute Gasteiger partial charge is 0.444 e. The molecule has 1 N–H and O–H groups in total. The molecule has 6 heteroatoms. The molecule has 2 atom stereocenters. The van der Waals surface area contributed by atoms with Gasteiger partial charge in [0.1, 0.15) is 12.3 Å². The van der Waals surface area contributed by atoms with E-state index in [-0.39, 0.29) is 24.0 Å². The van der Waals surface area contributed by atoms with Crippen LogP contribution in [0.15, 0.2) is 9.41 Å². The van der Waals surface area contributed by atoms with Crippen LogP contribution in [-0.2, 0) is 6.54 Å². The molecule has 0 aliphatic carbocycles. The van der Waals surface area contributed by atoms with Crippen LogP contribution in [0, 0.1) is 25.7 Å². The van der Waals surface area contributed by atoms with Crippen molar-refractivity contribution in [2.75, 3.05) is 19.6 Å². The van der Waals surface area contributed by atoms with Gasteiger partial charge in [0.2, 0.25) is 5.89 Å². The van der Waals surface area contributed by atoms with Crippen molar-refractivity contribution < 1.29 is 4.42 Å². The van der Waals surface area contributed by atoms with Gasteiger partial charge in [-0.2, -0.15) is 0 Å². The second kappa shape index (κ2) is 8.74. The van der Waals surface area contributed by atoms with Crippen molar-refractivity contribution >= 4 is 29.9 Å². The first-order valence-corrected chi connectivity index (χ1v) is 7.95. The van der Waals surface area contributed by atoms with Gasteiger partial charge in [-0.15, -0.1) is 24.0 Å². The average molecular weight is 420 g/mol. The molecular weight excluding hydrogens is 391 g/mol. The summed E-state index contributed by atoms with van der Waals surface area (Å²) in [4.78, 5) is 11.5. The molecule has 2 rings (SSSR count). The van der Waals surface area contributed by atoms with Gasteiger partial charge in [-0.05, 0) is 39.0 Å². The molecule has 0 spiro atoms. The Morgan fingerprint density at radius 3 is 2.45 bits per heavy atom. The summed E-state index contributed by atoms with van der Waals surface area (Å²) in [6.45, 7) is 14.1. The minimum atomic E-state index is 0. The minimum absolute atomic E-state index is 0. The van der Waals surface area contributed by atoms with E-state index in [1.807, 2.05) is 13.8 Å². The van der Waals surface area contributed by atoms with E-state index in [9.17, 15) is 0 Å². The fourth-order valence-corrected chi connectivity index (χ4v) is 3.01. The summed E-state index contributed by atoms with van der Waals surface area (Å²) in [5.41, 5.74) is 0.949. The topological polar surface area (TPSA) is 53.7 Å². The number of rotatable bonds is 3. The van der Waals surface area contributed by atoms with Crippen molar-refractivity contribution in [2.24, 2.45) is 16.8 Å². The second-order valence-corrected chi connectivity index (χ2v) is 6.27. The summed E-state index contributed by atoms with van der Waals surface area (Å²) in [5, 5.41) is 3.39. The van der Waals surface area contributed by atoms with Gasteiger partial charge >= 0.3 is 0 Å². The van der Waals surface area contributed by atoms with Gasteiger partial charge in [-0.25, -0.2) is 9.98 Å². The molecule has 1 aliphatic heterocycles. The first kappa shape index (κ1) is 19.3. The summed E-state index contributed by atoms with van der Waals surface area (Å²) >= 11 is 0. The van der Waals surface area contributed by atoms with Crippen molar-refractivity contribution in [3.8, 4) is 0 Å². The molecule has 5 nitrogen and oxygen atoms in total. The zero-order valence-electron chi connectivity index (χ0n) is 14.3. The molecule has 0 aromatic carbocycles. The fourth-order valence-electron chi connectivity index (χ4n) is 3.01. The Bertz CT molecular complexity index is 471. The van der Waals surface area contributed by atoms with E-state index in [2.05, 4.69) is 36.0 Å². The maximum Gasteiger partial charge on any atom is 0.216 e. The molecule has 0 bridgehead atoms. The molecule has 1 aromatic rings. The molecule has 0 saturated carbocycles. The molecule has 22 heavy (non-hydrogen) atoms. The van der Waals surface area contributed by atoms with Crippen molar-refractivity contribution in [3.63, 3.8) is 0 Å². The van der Waals surface area contributed by atoms with Crippen LogP contribution < -0.4 is 5.32 Å². The normalized spacial score (nSPS) is 22.4. The Balaban J connectivity index is 0.00000242. The first-order valence-electron chi connectivity index (χ1n) is 7.95. The number of halogens is 1. The van der Waals surface area contributed by atoms with Crippen LogP contribution in [0.25, 0.3) is 0 Å². The van der Waals surface area contributed by atoms with Crippen LogP contribution in [0.2, 0.25) is 0 Å². The van der Waals surface area contributed by atoms with Crippen LogP contribution in [0.4, 0.5) is 0 Å². The SMILES string of the molecule is CCNC(=NCc1nc(C)c(C)o1)N1CC(C)CC(C)C1.I. The Labute approximate surface area is 151 Å². The highest BCUT2D eigenvalue weighted by atomic mass is 127. The van der Waals surface area contributed by atoms with Crippen molar-refractivity contribution in [1.29, 1.82) is 0 Å². The van der Waals surface area contributed by atoms with E-state index in [4.69, 9.17) is 9.41 Å². The monoisotopic (exact) mass is 420 g/mol. The summed E-state index contributed by atoms with van der Waals surface area (Å²) in [6.07, 6.45) is 1.30. The van der Waals surface area contributed by atoms with Gasteiger partial charge in [0.05, 0.1) is 5.69 Å². The summed E-state index contributed by atoms with van der Waals surface area (Å²) in [7, 11) is 0. The molecule has 126 valence electrons. The molecule has 1 aromatic heterocycles. The van der Waals surface area contributed by atoms with E-state index in [0.717, 1.165) is 37.0 Å². The quantitative estimate of drug-likeness (QED) is 0.463. The summed E-state index contributed by atoms with van der Waals surface area (Å²) in [5.74, 6) is 3.97. The van der Waals surface area contributed by atoms with Gasteiger partial charge in [0.25, 0.3) is 0 Å². The second-order valence-electron chi connectivity index (χ2n) is 6.27. The van der Waals surface area contributed by atoms with Gasteiger partial charge in [-0.3, -0.25) is 0 Å². The third-order valence-electron chi connectivity index (χ3n) is 3.94. The summed E-state index contributed by atoms with van der Waals surface area (Å²) in [6, 6.07) is 0. The molecule has 1 saturated heterocycles. The number of likely N-dealkylation sites (tertiary alicyclic amines) is 1. The fraction of sp³-hybridized carbons (Fsp3) is 0.750. The van der Waals surface area contributed by atoms with E-state index in [1.165, 1.54) is 6.42 Å². The Hall–Kier alpha value is -0.790. The minimum Gasteiger partial charge on any atom is -0.444 e. The maximum atomic E-state index is 5.61. The van der Waals surface area contributed by atoms with Crippen LogP contribution in [-0.4, -0.2) is 35.5 Å². The standard InChI is InChI=1S/C16H28N4O.HI/c1-6-17-16(20-9-11(2)7-12(3)10-20)18-8-15-19-13(4)14(5)21-15;/h11-12H,6-10H2,1-5H3,(H,17,18);1H. The number of hydrogen-bond donors (Lipinski definition) is 1. The number of aryl methyl sites for hydroxylation is 2. The van der Waals surface area contributed by atoms with Crippen molar-refractivity contribution in [2.45, 2.75) is 47.6 Å². The van der Waals surface area contributed by atoms with Crippen molar-refractivity contribution in [1.82, 2.24) is 15.2 Å². The molecule has 1 aliphatic rings. The van der Waals surface area contributed by atoms with E-state index in [0.29, 0.717) is 24.3 Å². The van der Waals surface area contributed by atoms with Gasteiger partial charge < -0.3 is 14.6 Å². The Morgan fingerprint density at radius 1 is 1.32 bits per heavy atom. The van der Waals surface area contributed by atoms with Gasteiger partial charge in [0.15, 0.2) is 5.96 Å². The van der Waals surface area contributed by atoms with E-state index < -0.39 is 0 Å². The molecule has 0 radical (unpaired) electrons. The highest BCUT2D eigenvalue weighted by Crippen LogP contribution is 2.21. The molecule has 2 unspecified atom stereocenters. The third kappa shape index (κ3) is 5.14. The molecule has 0 amide bonds. The number of nitrogens with zero attached hydrogens (tertiary/aromatic N) is 3. The zero-order chi connectivity index (χ0) is 15.4. The zero-order valence-corrected chi connectivity index (χ0v) is 16.7. The lowest BCUT2D eigenvalue weighted by molar-refractivity contribution is 0.208. The lowest BCUT2D eigenvalue weighted by Crippen LogP contribution is -2.48. The summed E-state index contributed by atoms with van der Waals surface area (Å²) < 4.78 is 5.61. The number of piperidine rings is 1. The van der Waals surface area contributed by atoms with Crippen LogP contribution >= 0.6 is 24.0 Å². The maximum absolute atomic E-state index is 5.61. The Kier molecular flexibility index (Phi) is 7.65. The van der Waals surface area contributed by atoms with Crippen LogP contribution in [0.3, 0.4) is 0 Å².